The summed E-state index contributed by atoms with van der Waals surface area (Å²) in [4.78, 5) is 11.7. The lowest BCUT2D eigenvalue weighted by Gasteiger charge is -2.29. The minimum absolute atomic E-state index is 0.121. The van der Waals surface area contributed by atoms with Gasteiger partial charge in [0, 0.05) is 0 Å². The van der Waals surface area contributed by atoms with Gasteiger partial charge in [-0.3, -0.25) is 0 Å². The largest absolute Gasteiger partial charge is 0.743 e. The highest BCUT2D eigenvalue weighted by Gasteiger charge is 2.61. The number of halogens is 5. The Balaban J connectivity index is 2.13. The van der Waals surface area contributed by atoms with Crippen molar-refractivity contribution in [1.82, 2.24) is 0 Å². The van der Waals surface area contributed by atoms with E-state index in [2.05, 4.69) is 11.3 Å². The smallest absolute Gasteiger partial charge is 0.421 e. The van der Waals surface area contributed by atoms with Gasteiger partial charge in [0.1, 0.15) is 12.4 Å². The van der Waals surface area contributed by atoms with Gasteiger partial charge in [-0.25, -0.2) is 13.2 Å². The van der Waals surface area contributed by atoms with Crippen LogP contribution in [0.15, 0.2) is 43.0 Å². The summed E-state index contributed by atoms with van der Waals surface area (Å²) in [7, 11) is -6.71. The minimum Gasteiger partial charge on any atom is -0.743 e. The quantitative estimate of drug-likeness (QED) is 0.284. The van der Waals surface area contributed by atoms with Gasteiger partial charge in [0.15, 0.2) is 10.1 Å². The molecule has 0 amide bonds. The third kappa shape index (κ3) is 5.28. The van der Waals surface area contributed by atoms with E-state index in [-0.39, 0.29) is 5.75 Å². The van der Waals surface area contributed by atoms with Crippen molar-refractivity contribution in [3.63, 3.8) is 0 Å². The van der Waals surface area contributed by atoms with Gasteiger partial charge in [-0.1, -0.05) is 30.9 Å². The molecule has 12 heteroatoms. The number of ether oxygens (including phenoxy) is 2. The first-order chi connectivity index (χ1) is 13.3. The molecule has 2 rings (SSSR count). The van der Waals surface area contributed by atoms with Crippen LogP contribution in [0.1, 0.15) is 5.56 Å². The van der Waals surface area contributed by atoms with Crippen molar-refractivity contribution in [3.8, 4) is 5.75 Å². The van der Waals surface area contributed by atoms with Gasteiger partial charge in [-0.2, -0.15) is 22.0 Å². The molecular weight excluding hydrogens is 427 g/mol. The van der Waals surface area contributed by atoms with Gasteiger partial charge >= 0.3 is 17.4 Å². The zero-order chi connectivity index (χ0) is 22.0. The van der Waals surface area contributed by atoms with Crippen molar-refractivity contribution >= 4 is 32.9 Å². The molecule has 0 saturated heterocycles. The van der Waals surface area contributed by atoms with Crippen molar-refractivity contribution < 1.29 is 49.2 Å². The van der Waals surface area contributed by atoms with Crippen molar-refractivity contribution in [2.75, 3.05) is 6.61 Å². The molecule has 6 nitrogen and oxygen atoms in total. The number of esters is 1. The number of hydrogen-bond donors (Lipinski definition) is 0. The van der Waals surface area contributed by atoms with Crippen molar-refractivity contribution in [2.45, 2.75) is 17.5 Å². The second kappa shape index (κ2) is 8.05. The maximum atomic E-state index is 13.3. The number of carbonyl (C=O) groups is 1. The van der Waals surface area contributed by atoms with Crippen LogP contribution in [0.3, 0.4) is 0 Å². The topological polar surface area (TPSA) is 92.7 Å². The molecule has 2 aromatic carbocycles. The second-order valence-electron chi connectivity index (χ2n) is 5.70. The standard InChI is InChI=1S/C17H13F5O6S/c1-2-10-3-4-12-8-13(6-5-11(12)7-10)28-14(23)9-27-15(16(18,19)20)17(21,22)29(24,25)26/h2-8,15H,1,9H2,(H,24,25,26)/p-1. The van der Waals surface area contributed by atoms with E-state index in [1.165, 1.54) is 18.2 Å². The van der Waals surface area contributed by atoms with E-state index >= 15 is 0 Å². The predicted octanol–water partition coefficient (Wildman–Crippen LogP) is 3.47. The fourth-order valence-electron chi connectivity index (χ4n) is 2.26. The van der Waals surface area contributed by atoms with Crippen molar-refractivity contribution in [3.05, 3.63) is 48.5 Å². The normalized spacial score (nSPS) is 13.9. The fraction of sp³-hybridized carbons (Fsp3) is 0.235. The zero-order valence-corrected chi connectivity index (χ0v) is 15.1. The molecule has 0 bridgehead atoms. The van der Waals surface area contributed by atoms with Crippen LogP contribution in [0.4, 0.5) is 22.0 Å². The maximum absolute atomic E-state index is 13.3. The Bertz CT molecular complexity index is 1030. The average molecular weight is 439 g/mol. The highest BCUT2D eigenvalue weighted by atomic mass is 32.2. The Morgan fingerprint density at radius 1 is 1.10 bits per heavy atom. The summed E-state index contributed by atoms with van der Waals surface area (Å²) >= 11 is 0. The first-order valence-corrected chi connectivity index (χ1v) is 9.05. The van der Waals surface area contributed by atoms with Gasteiger partial charge in [0.2, 0.25) is 6.10 Å². The van der Waals surface area contributed by atoms with Crippen LogP contribution in [0.25, 0.3) is 16.8 Å². The molecule has 0 N–H and O–H groups in total. The van der Waals surface area contributed by atoms with Gasteiger partial charge in [0.25, 0.3) is 0 Å². The van der Waals surface area contributed by atoms with E-state index < -0.39 is 40.2 Å². The number of carbonyl (C=O) groups excluding carboxylic acids is 1. The van der Waals surface area contributed by atoms with E-state index in [0.717, 1.165) is 10.9 Å². The third-order valence-electron chi connectivity index (χ3n) is 3.61. The summed E-state index contributed by atoms with van der Waals surface area (Å²) in [5, 5.41) is -4.51. The molecule has 0 spiro atoms. The highest BCUT2D eigenvalue weighted by molar-refractivity contribution is 7.86. The van der Waals surface area contributed by atoms with Crippen LogP contribution < -0.4 is 4.74 Å². The predicted molar refractivity (Wildman–Crippen MR) is 90.1 cm³/mol. The third-order valence-corrected chi connectivity index (χ3v) is 4.49. The van der Waals surface area contributed by atoms with Crippen LogP contribution in [0.5, 0.6) is 5.75 Å². The Hall–Kier alpha value is -2.57. The fourth-order valence-corrected chi connectivity index (χ4v) is 2.72. The molecule has 0 aromatic heterocycles. The molecule has 0 radical (unpaired) electrons. The SMILES string of the molecule is C=Cc1ccc2cc(OC(=O)COC(C(F)(F)F)C(F)(F)S(=O)(=O)[O-])ccc2c1. The molecule has 0 aliphatic rings. The molecule has 1 atom stereocenters. The molecule has 29 heavy (non-hydrogen) atoms. The number of fused-ring (bicyclic) bond motifs is 1. The summed E-state index contributed by atoms with van der Waals surface area (Å²) in [6.07, 6.45) is -8.67. The van der Waals surface area contributed by atoms with Crippen LogP contribution >= 0.6 is 0 Å². The lowest BCUT2D eigenvalue weighted by Crippen LogP contribution is -2.52. The van der Waals surface area contributed by atoms with Crippen LogP contribution in [-0.2, 0) is 19.6 Å². The number of alkyl halides is 5. The summed E-state index contributed by atoms with van der Waals surface area (Å²) < 4.78 is 104. The zero-order valence-electron chi connectivity index (χ0n) is 14.3. The Morgan fingerprint density at radius 3 is 2.24 bits per heavy atom. The Morgan fingerprint density at radius 2 is 1.69 bits per heavy atom. The lowest BCUT2D eigenvalue weighted by molar-refractivity contribution is -0.263. The number of hydrogen-bond acceptors (Lipinski definition) is 6. The maximum Gasteiger partial charge on any atom is 0.421 e. The lowest BCUT2D eigenvalue weighted by atomic mass is 10.1. The number of rotatable bonds is 7. The summed E-state index contributed by atoms with van der Waals surface area (Å²) in [6, 6.07) is 9.30. The molecule has 0 fully saturated rings. The monoisotopic (exact) mass is 439 g/mol. The molecule has 0 aliphatic heterocycles. The minimum atomic E-state index is -6.71. The molecular formula is C17H12F5O6S-. The van der Waals surface area contributed by atoms with Crippen molar-refractivity contribution in [1.29, 1.82) is 0 Å². The van der Waals surface area contributed by atoms with E-state index in [4.69, 9.17) is 4.74 Å². The van der Waals surface area contributed by atoms with E-state index in [1.807, 2.05) is 0 Å². The Kier molecular flexibility index (Phi) is 6.30. The number of benzene rings is 2. The molecule has 2 aromatic rings. The molecule has 0 aliphatic carbocycles. The molecule has 0 heterocycles. The van der Waals surface area contributed by atoms with E-state index in [1.54, 1.807) is 24.3 Å². The summed E-state index contributed by atoms with van der Waals surface area (Å²) in [6.45, 7) is 1.93. The second-order valence-corrected chi connectivity index (χ2v) is 7.15. The van der Waals surface area contributed by atoms with E-state index in [9.17, 15) is 39.7 Å². The first kappa shape index (κ1) is 22.7. The van der Waals surface area contributed by atoms with Gasteiger partial charge in [-0.15, -0.1) is 0 Å². The first-order valence-electron chi connectivity index (χ1n) is 7.64. The summed E-state index contributed by atoms with van der Waals surface area (Å²) in [5.41, 5.74) is 0.808. The molecule has 0 saturated carbocycles. The van der Waals surface area contributed by atoms with Crippen LogP contribution in [0.2, 0.25) is 0 Å². The van der Waals surface area contributed by atoms with Gasteiger partial charge < -0.3 is 14.0 Å². The van der Waals surface area contributed by atoms with Gasteiger partial charge in [0.05, 0.1) is 0 Å². The van der Waals surface area contributed by atoms with Crippen LogP contribution in [-0.4, -0.2) is 43.1 Å². The molecule has 1 unspecified atom stereocenters. The Labute approximate surface area is 161 Å². The van der Waals surface area contributed by atoms with Crippen molar-refractivity contribution in [2.24, 2.45) is 0 Å². The van der Waals surface area contributed by atoms with E-state index in [0.29, 0.717) is 5.39 Å². The van der Waals surface area contributed by atoms with Crippen LogP contribution in [0, 0.1) is 0 Å². The average Bonchev–Trinajstić information content (AvgIpc) is 2.59. The highest BCUT2D eigenvalue weighted by Crippen LogP contribution is 2.37. The van der Waals surface area contributed by atoms with Gasteiger partial charge in [-0.05, 0) is 34.5 Å². The summed E-state index contributed by atoms with van der Waals surface area (Å²) in [5.74, 6) is -1.63. The molecule has 158 valence electrons.